The van der Waals surface area contributed by atoms with Crippen molar-refractivity contribution in [2.24, 2.45) is 0 Å². The van der Waals surface area contributed by atoms with Gasteiger partial charge in [0.2, 0.25) is 0 Å². The Hall–Kier alpha value is -0.800. The first-order valence-electron chi connectivity index (χ1n) is 6.60. The minimum atomic E-state index is 0.510. The van der Waals surface area contributed by atoms with Gasteiger partial charge in [0, 0.05) is 18.2 Å². The second kappa shape index (κ2) is 6.82. The first-order chi connectivity index (χ1) is 8.06. The van der Waals surface area contributed by atoms with Gasteiger partial charge in [0.25, 0.3) is 0 Å². The molecule has 0 radical (unpaired) electrons. The van der Waals surface area contributed by atoms with Crippen molar-refractivity contribution in [1.29, 1.82) is 0 Å². The fraction of sp³-hybridized carbons (Fsp3) is 0.714. The Labute approximate surface area is 105 Å². The maximum Gasteiger partial charge on any atom is 0.118 e. The lowest BCUT2D eigenvalue weighted by Gasteiger charge is -2.15. The van der Waals surface area contributed by atoms with Crippen LogP contribution in [0.25, 0.3) is 0 Å². The third-order valence-electron chi connectivity index (χ3n) is 3.05. The zero-order chi connectivity index (χ0) is 12.8. The lowest BCUT2D eigenvalue weighted by molar-refractivity contribution is 0.266. The molecule has 1 N–H and O–H groups in total. The number of nitrogens with zero attached hydrogens (tertiary/aromatic N) is 1. The second-order valence-electron chi connectivity index (χ2n) is 4.79. The SMILES string of the molecule is CCN(CC)Cc1cc(CNC(C)C)c(C)o1. The van der Waals surface area contributed by atoms with E-state index in [1.807, 2.05) is 6.92 Å². The largest absolute Gasteiger partial charge is 0.465 e. The van der Waals surface area contributed by atoms with Crippen molar-refractivity contribution in [3.63, 3.8) is 0 Å². The molecule has 0 bridgehead atoms. The summed E-state index contributed by atoms with van der Waals surface area (Å²) in [5.41, 5.74) is 1.28. The van der Waals surface area contributed by atoms with Crippen molar-refractivity contribution >= 4 is 0 Å². The Morgan fingerprint density at radius 1 is 1.29 bits per heavy atom. The highest BCUT2D eigenvalue weighted by Gasteiger charge is 2.10. The van der Waals surface area contributed by atoms with Crippen LogP contribution in [0.5, 0.6) is 0 Å². The van der Waals surface area contributed by atoms with E-state index in [1.54, 1.807) is 0 Å². The molecular formula is C14H26N2O. The van der Waals surface area contributed by atoms with Gasteiger partial charge in [-0.15, -0.1) is 0 Å². The number of hydrogen-bond donors (Lipinski definition) is 1. The van der Waals surface area contributed by atoms with Crippen molar-refractivity contribution in [1.82, 2.24) is 10.2 Å². The van der Waals surface area contributed by atoms with Gasteiger partial charge >= 0.3 is 0 Å². The minimum absolute atomic E-state index is 0.510. The van der Waals surface area contributed by atoms with E-state index in [4.69, 9.17) is 4.42 Å². The summed E-state index contributed by atoms with van der Waals surface area (Å²) in [6.45, 7) is 14.7. The molecule has 0 spiro atoms. The van der Waals surface area contributed by atoms with Crippen molar-refractivity contribution in [2.45, 2.75) is 53.8 Å². The monoisotopic (exact) mass is 238 g/mol. The number of rotatable bonds is 7. The molecule has 0 aliphatic rings. The van der Waals surface area contributed by atoms with E-state index in [0.29, 0.717) is 6.04 Å². The smallest absolute Gasteiger partial charge is 0.118 e. The molecule has 1 rings (SSSR count). The molecule has 3 heteroatoms. The molecule has 0 aromatic carbocycles. The van der Waals surface area contributed by atoms with E-state index in [2.05, 4.69) is 44.0 Å². The van der Waals surface area contributed by atoms with Crippen molar-refractivity contribution in [3.05, 3.63) is 23.2 Å². The van der Waals surface area contributed by atoms with Crippen LogP contribution in [0.4, 0.5) is 0 Å². The highest BCUT2D eigenvalue weighted by molar-refractivity contribution is 5.20. The highest BCUT2D eigenvalue weighted by atomic mass is 16.3. The molecule has 0 saturated carbocycles. The first kappa shape index (κ1) is 14.3. The van der Waals surface area contributed by atoms with Crippen molar-refractivity contribution in [2.75, 3.05) is 13.1 Å². The lowest BCUT2D eigenvalue weighted by Crippen LogP contribution is -2.22. The molecule has 0 fully saturated rings. The lowest BCUT2D eigenvalue weighted by atomic mass is 10.2. The van der Waals surface area contributed by atoms with Crippen molar-refractivity contribution in [3.8, 4) is 0 Å². The van der Waals surface area contributed by atoms with Gasteiger partial charge < -0.3 is 9.73 Å². The van der Waals surface area contributed by atoms with Gasteiger partial charge in [0.05, 0.1) is 6.54 Å². The van der Waals surface area contributed by atoms with Gasteiger partial charge in [-0.2, -0.15) is 0 Å². The third-order valence-corrected chi connectivity index (χ3v) is 3.05. The molecular weight excluding hydrogens is 212 g/mol. The molecule has 1 aromatic rings. The van der Waals surface area contributed by atoms with E-state index in [1.165, 1.54) is 5.56 Å². The van der Waals surface area contributed by atoms with Crippen LogP contribution >= 0.6 is 0 Å². The molecule has 0 aliphatic heterocycles. The summed E-state index contributed by atoms with van der Waals surface area (Å²) in [4.78, 5) is 2.36. The summed E-state index contributed by atoms with van der Waals surface area (Å²) >= 11 is 0. The molecule has 3 nitrogen and oxygen atoms in total. The second-order valence-corrected chi connectivity index (χ2v) is 4.79. The Morgan fingerprint density at radius 3 is 2.47 bits per heavy atom. The topological polar surface area (TPSA) is 28.4 Å². The fourth-order valence-corrected chi connectivity index (χ4v) is 1.82. The summed E-state index contributed by atoms with van der Waals surface area (Å²) in [6, 6.07) is 2.69. The number of aryl methyl sites for hydroxylation is 1. The Balaban J connectivity index is 2.60. The maximum absolute atomic E-state index is 5.80. The van der Waals surface area contributed by atoms with Crippen LogP contribution in [0, 0.1) is 6.92 Å². The predicted molar refractivity (Wildman–Crippen MR) is 72.0 cm³/mol. The molecule has 0 amide bonds. The summed E-state index contributed by atoms with van der Waals surface area (Å²) in [6.07, 6.45) is 0. The van der Waals surface area contributed by atoms with Crippen LogP contribution in [0.3, 0.4) is 0 Å². The quantitative estimate of drug-likeness (QED) is 0.791. The van der Waals surface area contributed by atoms with E-state index < -0.39 is 0 Å². The van der Waals surface area contributed by atoms with Crippen LogP contribution < -0.4 is 5.32 Å². The zero-order valence-corrected chi connectivity index (χ0v) is 11.8. The van der Waals surface area contributed by atoms with E-state index in [0.717, 1.165) is 37.7 Å². The Morgan fingerprint density at radius 2 is 1.94 bits per heavy atom. The summed E-state index contributed by atoms with van der Waals surface area (Å²) in [5, 5.41) is 3.42. The van der Waals surface area contributed by atoms with Gasteiger partial charge in [0.15, 0.2) is 0 Å². The number of furan rings is 1. The minimum Gasteiger partial charge on any atom is -0.465 e. The van der Waals surface area contributed by atoms with E-state index >= 15 is 0 Å². The molecule has 0 saturated heterocycles. The van der Waals surface area contributed by atoms with Crippen LogP contribution in [0.1, 0.15) is 44.8 Å². The Kier molecular flexibility index (Phi) is 5.72. The predicted octanol–water partition coefficient (Wildman–Crippen LogP) is 2.93. The number of hydrogen-bond acceptors (Lipinski definition) is 3. The molecule has 0 aliphatic carbocycles. The van der Waals surface area contributed by atoms with Crippen LogP contribution in [0.15, 0.2) is 10.5 Å². The van der Waals surface area contributed by atoms with Crippen LogP contribution in [-0.4, -0.2) is 24.0 Å². The van der Waals surface area contributed by atoms with E-state index in [-0.39, 0.29) is 0 Å². The van der Waals surface area contributed by atoms with Crippen LogP contribution in [0.2, 0.25) is 0 Å². The first-order valence-corrected chi connectivity index (χ1v) is 6.60. The summed E-state index contributed by atoms with van der Waals surface area (Å²) in [5.74, 6) is 2.12. The zero-order valence-electron chi connectivity index (χ0n) is 11.8. The number of nitrogens with one attached hydrogen (secondary N) is 1. The Bertz CT molecular complexity index is 327. The molecule has 17 heavy (non-hydrogen) atoms. The average molecular weight is 238 g/mol. The van der Waals surface area contributed by atoms with Gasteiger partial charge in [-0.1, -0.05) is 27.7 Å². The van der Waals surface area contributed by atoms with Gasteiger partial charge in [-0.3, -0.25) is 4.90 Å². The molecule has 0 atom stereocenters. The fourth-order valence-electron chi connectivity index (χ4n) is 1.82. The normalized spacial score (nSPS) is 11.7. The molecule has 0 unspecified atom stereocenters. The standard InChI is InChI=1S/C14H26N2O/c1-6-16(7-2)10-14-8-13(12(5)17-14)9-15-11(3)4/h8,11,15H,6-7,9-10H2,1-5H3. The van der Waals surface area contributed by atoms with Crippen molar-refractivity contribution < 1.29 is 4.42 Å². The van der Waals surface area contributed by atoms with Gasteiger partial charge in [0.1, 0.15) is 11.5 Å². The summed E-state index contributed by atoms with van der Waals surface area (Å²) < 4.78 is 5.80. The maximum atomic E-state index is 5.80. The third kappa shape index (κ3) is 4.52. The molecule has 1 heterocycles. The highest BCUT2D eigenvalue weighted by Crippen LogP contribution is 2.16. The van der Waals surface area contributed by atoms with Gasteiger partial charge in [-0.25, -0.2) is 0 Å². The van der Waals surface area contributed by atoms with Crippen LogP contribution in [-0.2, 0) is 13.1 Å². The average Bonchev–Trinajstić information content (AvgIpc) is 2.64. The molecule has 1 aromatic heterocycles. The molecule has 98 valence electrons. The summed E-state index contributed by atoms with van der Waals surface area (Å²) in [7, 11) is 0. The van der Waals surface area contributed by atoms with E-state index in [9.17, 15) is 0 Å². The van der Waals surface area contributed by atoms with Gasteiger partial charge in [-0.05, 0) is 26.1 Å².